The van der Waals surface area contributed by atoms with Crippen molar-refractivity contribution < 1.29 is 9.90 Å². The van der Waals surface area contributed by atoms with Crippen LogP contribution in [0.15, 0.2) is 24.3 Å². The summed E-state index contributed by atoms with van der Waals surface area (Å²) in [7, 11) is 0. The molecular weight excluding hydrogens is 224 g/mol. The minimum Gasteiger partial charge on any atom is -0.481 e. The van der Waals surface area contributed by atoms with Gasteiger partial charge in [0.2, 0.25) is 0 Å². The smallest absolute Gasteiger partial charge is 0.304 e. The molecular formula is C16H20O2. The third-order valence-electron chi connectivity index (χ3n) is 4.67. The van der Waals surface area contributed by atoms with Crippen molar-refractivity contribution in [2.24, 2.45) is 0 Å². The molecule has 0 bridgehead atoms. The van der Waals surface area contributed by atoms with E-state index in [4.69, 9.17) is 5.11 Å². The maximum Gasteiger partial charge on any atom is 0.304 e. The lowest BCUT2D eigenvalue weighted by Crippen LogP contribution is -2.13. The Balaban J connectivity index is 1.84. The van der Waals surface area contributed by atoms with Crippen molar-refractivity contribution in [1.82, 2.24) is 0 Å². The van der Waals surface area contributed by atoms with Gasteiger partial charge in [0.05, 0.1) is 6.42 Å². The molecule has 0 unspecified atom stereocenters. The summed E-state index contributed by atoms with van der Waals surface area (Å²) in [6, 6.07) is 8.74. The highest BCUT2D eigenvalue weighted by molar-refractivity contribution is 5.70. The predicted octanol–water partition coefficient (Wildman–Crippen LogP) is 3.85. The highest BCUT2D eigenvalue weighted by Gasteiger charge is 2.46. The minimum atomic E-state index is -0.668. The van der Waals surface area contributed by atoms with Gasteiger partial charge >= 0.3 is 5.97 Å². The lowest BCUT2D eigenvalue weighted by Gasteiger charge is -2.16. The maximum absolute atomic E-state index is 11.0. The molecule has 2 aliphatic rings. The van der Waals surface area contributed by atoms with E-state index >= 15 is 0 Å². The Morgan fingerprint density at radius 1 is 1.28 bits per heavy atom. The van der Waals surface area contributed by atoms with Crippen LogP contribution < -0.4 is 0 Å². The van der Waals surface area contributed by atoms with Gasteiger partial charge in [-0.15, -0.1) is 0 Å². The molecule has 0 aromatic heterocycles. The summed E-state index contributed by atoms with van der Waals surface area (Å²) in [6.45, 7) is 0. The molecule has 2 fully saturated rings. The number of benzene rings is 1. The van der Waals surface area contributed by atoms with E-state index in [1.165, 1.54) is 36.8 Å². The lowest BCUT2D eigenvalue weighted by atomic mass is 9.88. The molecule has 18 heavy (non-hydrogen) atoms. The average molecular weight is 244 g/mol. The summed E-state index contributed by atoms with van der Waals surface area (Å²) in [5.41, 5.74) is 2.65. The van der Waals surface area contributed by atoms with Crippen molar-refractivity contribution in [2.45, 2.75) is 56.3 Å². The molecule has 2 nitrogen and oxygen atoms in total. The fourth-order valence-electron chi connectivity index (χ4n) is 3.39. The number of rotatable bonds is 4. The fourth-order valence-corrected chi connectivity index (χ4v) is 3.39. The van der Waals surface area contributed by atoms with Crippen LogP contribution in [0.25, 0.3) is 0 Å². The molecule has 0 saturated heterocycles. The molecule has 0 heterocycles. The first-order valence-corrected chi connectivity index (χ1v) is 7.02. The number of carbonyl (C=O) groups is 1. The summed E-state index contributed by atoms with van der Waals surface area (Å²) < 4.78 is 0. The number of hydrogen-bond acceptors (Lipinski definition) is 1. The summed E-state index contributed by atoms with van der Waals surface area (Å²) in [5, 5.41) is 9.03. The van der Waals surface area contributed by atoms with Gasteiger partial charge in [-0.1, -0.05) is 37.1 Å². The molecule has 0 atom stereocenters. The minimum absolute atomic E-state index is 0.0412. The topological polar surface area (TPSA) is 37.3 Å². The highest BCUT2D eigenvalue weighted by Crippen LogP contribution is 2.51. The molecule has 1 aromatic rings. The van der Waals surface area contributed by atoms with E-state index in [2.05, 4.69) is 24.3 Å². The number of hydrogen-bond donors (Lipinski definition) is 1. The number of carboxylic acid groups (broad SMARTS) is 1. The Kier molecular flexibility index (Phi) is 2.89. The van der Waals surface area contributed by atoms with Crippen molar-refractivity contribution in [3.8, 4) is 0 Å². The van der Waals surface area contributed by atoms with E-state index in [1.54, 1.807) is 0 Å². The molecule has 1 aromatic carbocycles. The van der Waals surface area contributed by atoms with Gasteiger partial charge in [-0.2, -0.15) is 0 Å². The molecule has 0 spiro atoms. The average Bonchev–Trinajstić information content (AvgIpc) is 2.93. The van der Waals surface area contributed by atoms with E-state index in [0.717, 1.165) is 12.8 Å². The molecule has 96 valence electrons. The van der Waals surface area contributed by atoms with Gasteiger partial charge in [-0.25, -0.2) is 0 Å². The molecule has 2 saturated carbocycles. The Bertz CT molecular complexity index is 454. The normalized spacial score (nSPS) is 22.0. The lowest BCUT2D eigenvalue weighted by molar-refractivity contribution is -0.137. The molecule has 0 amide bonds. The first-order valence-electron chi connectivity index (χ1n) is 7.02. The zero-order valence-corrected chi connectivity index (χ0v) is 10.7. The zero-order chi connectivity index (χ0) is 12.6. The molecule has 2 aliphatic carbocycles. The summed E-state index contributed by atoms with van der Waals surface area (Å²) in [4.78, 5) is 11.0. The second-order valence-corrected chi connectivity index (χ2v) is 5.96. The standard InChI is InChI=1S/C16H20O2/c17-15(18)11-16(8-9-16)14-7-3-6-13(10-14)12-4-1-2-5-12/h3,6-7,10,12H,1-2,4-5,8-9,11H2,(H,17,18). The molecule has 0 radical (unpaired) electrons. The maximum atomic E-state index is 11.0. The van der Waals surface area contributed by atoms with Crippen LogP contribution in [-0.4, -0.2) is 11.1 Å². The fraction of sp³-hybridized carbons (Fsp3) is 0.562. The second kappa shape index (κ2) is 4.42. The Labute approximate surface area is 108 Å². The van der Waals surface area contributed by atoms with Crippen LogP contribution in [0.5, 0.6) is 0 Å². The SMILES string of the molecule is O=C(O)CC1(c2cccc(C3CCCC3)c2)CC1. The van der Waals surface area contributed by atoms with Crippen molar-refractivity contribution in [1.29, 1.82) is 0 Å². The molecule has 2 heteroatoms. The third kappa shape index (κ3) is 2.16. The van der Waals surface area contributed by atoms with Gasteiger partial charge in [0.25, 0.3) is 0 Å². The van der Waals surface area contributed by atoms with Crippen molar-refractivity contribution in [3.63, 3.8) is 0 Å². The number of carboxylic acids is 1. The van der Waals surface area contributed by atoms with E-state index in [-0.39, 0.29) is 5.41 Å². The van der Waals surface area contributed by atoms with Gasteiger partial charge in [0.15, 0.2) is 0 Å². The van der Waals surface area contributed by atoms with Crippen LogP contribution in [0.4, 0.5) is 0 Å². The van der Waals surface area contributed by atoms with Gasteiger partial charge in [-0.3, -0.25) is 4.79 Å². The molecule has 3 rings (SSSR count). The van der Waals surface area contributed by atoms with Gasteiger partial charge in [0, 0.05) is 5.41 Å². The summed E-state index contributed by atoms with van der Waals surface area (Å²) in [5.74, 6) is 0.0457. The third-order valence-corrected chi connectivity index (χ3v) is 4.67. The van der Waals surface area contributed by atoms with Crippen molar-refractivity contribution >= 4 is 5.97 Å². The predicted molar refractivity (Wildman–Crippen MR) is 70.8 cm³/mol. The summed E-state index contributed by atoms with van der Waals surface area (Å²) in [6.07, 6.45) is 7.65. The van der Waals surface area contributed by atoms with Crippen LogP contribution in [0.1, 0.15) is 62.0 Å². The second-order valence-electron chi connectivity index (χ2n) is 5.96. The highest BCUT2D eigenvalue weighted by atomic mass is 16.4. The largest absolute Gasteiger partial charge is 0.481 e. The quantitative estimate of drug-likeness (QED) is 0.873. The van der Waals surface area contributed by atoms with E-state index in [0.29, 0.717) is 12.3 Å². The first kappa shape index (κ1) is 11.8. The van der Waals surface area contributed by atoms with Crippen LogP contribution in [0, 0.1) is 0 Å². The summed E-state index contributed by atoms with van der Waals surface area (Å²) >= 11 is 0. The van der Waals surface area contributed by atoms with E-state index in [1.807, 2.05) is 0 Å². The Morgan fingerprint density at radius 2 is 2.00 bits per heavy atom. The van der Waals surface area contributed by atoms with Crippen LogP contribution in [0.3, 0.4) is 0 Å². The van der Waals surface area contributed by atoms with Crippen LogP contribution in [-0.2, 0) is 10.2 Å². The Morgan fingerprint density at radius 3 is 2.61 bits per heavy atom. The first-order chi connectivity index (χ1) is 8.70. The van der Waals surface area contributed by atoms with E-state index in [9.17, 15) is 4.79 Å². The monoisotopic (exact) mass is 244 g/mol. The van der Waals surface area contributed by atoms with Crippen molar-refractivity contribution in [2.75, 3.05) is 0 Å². The molecule has 1 N–H and O–H groups in total. The van der Waals surface area contributed by atoms with Gasteiger partial charge < -0.3 is 5.11 Å². The Hall–Kier alpha value is -1.31. The van der Waals surface area contributed by atoms with Crippen LogP contribution in [0.2, 0.25) is 0 Å². The van der Waals surface area contributed by atoms with Gasteiger partial charge in [-0.05, 0) is 42.7 Å². The van der Waals surface area contributed by atoms with Crippen LogP contribution >= 0.6 is 0 Å². The van der Waals surface area contributed by atoms with E-state index < -0.39 is 5.97 Å². The van der Waals surface area contributed by atoms with Crippen molar-refractivity contribution in [3.05, 3.63) is 35.4 Å². The molecule has 0 aliphatic heterocycles. The van der Waals surface area contributed by atoms with Gasteiger partial charge in [0.1, 0.15) is 0 Å². The zero-order valence-electron chi connectivity index (χ0n) is 10.7. The number of aliphatic carboxylic acids is 1.